The fourth-order valence-electron chi connectivity index (χ4n) is 4.54. The van der Waals surface area contributed by atoms with Crippen molar-refractivity contribution in [2.24, 2.45) is 0 Å². The number of aromatic nitrogens is 6. The number of anilines is 2. The third-order valence-corrected chi connectivity index (χ3v) is 10.5. The first kappa shape index (κ1) is 50.5. The molecule has 326 valence electrons. The Balaban J connectivity index is 0.000000223. The van der Waals surface area contributed by atoms with Crippen LogP contribution in [0, 0.1) is 20.8 Å². The number of Topliss-reactive ketones (excluding diaryl/α,β-unsaturated/α-hetero) is 1. The summed E-state index contributed by atoms with van der Waals surface area (Å²) in [5.74, 6) is 0.751. The summed E-state index contributed by atoms with van der Waals surface area (Å²) in [6.45, 7) is 6.73. The summed E-state index contributed by atoms with van der Waals surface area (Å²) in [6, 6.07) is 2.76. The fourth-order valence-corrected chi connectivity index (χ4v) is 6.97. The molecule has 26 heteroatoms. The van der Waals surface area contributed by atoms with E-state index in [1.807, 2.05) is 0 Å². The number of rotatable bonds is 6. The second kappa shape index (κ2) is 21.3. The van der Waals surface area contributed by atoms with Crippen LogP contribution < -0.4 is 16.5 Å². The van der Waals surface area contributed by atoms with E-state index in [2.05, 4.69) is 51.2 Å². The van der Waals surface area contributed by atoms with Crippen LogP contribution in [0.3, 0.4) is 0 Å². The topological polar surface area (TPSA) is 190 Å². The van der Waals surface area contributed by atoms with E-state index in [0.29, 0.717) is 44.5 Å². The summed E-state index contributed by atoms with van der Waals surface area (Å²) >= 11 is 7.00. The van der Waals surface area contributed by atoms with E-state index in [9.17, 15) is 49.1 Å². The zero-order chi connectivity index (χ0) is 46.0. The van der Waals surface area contributed by atoms with Gasteiger partial charge in [0.25, 0.3) is 0 Å². The molecular formula is C35H31BBrF9N8O4S3. The molecule has 0 aliphatic carbocycles. The predicted octanol–water partition coefficient (Wildman–Crippen LogP) is 8.73. The standard InChI is InChI=1S/C13H11F3N2OS.C10H8F3N3S.C7H7BF3NO2.C5H5BrN2OS/c1-7(19)3-10-6-20-12(18-10)9-4-11(13(14,15)16)8(2)17-5-9;1-5-7(10(11,12)13)2-6(3-15-5)9-16-8(14)4-17-9;1-4-6(7(9,10)11)2-5(3-12-4)8(13)14;1-3(9)7-4-2-10-5(6)8-4/h4-6H,3H2,1-2H3;2-4H,14H2,1H3;2-3,13-14H,1H3;2H,1H3,(H,7,9). The van der Waals surface area contributed by atoms with Gasteiger partial charge in [-0.1, -0.05) is 0 Å². The number of hydrogen-bond acceptors (Lipinski definition) is 14. The molecule has 6 heterocycles. The Morgan fingerprint density at radius 2 is 1.16 bits per heavy atom. The zero-order valence-corrected chi connectivity index (χ0v) is 36.0. The first-order valence-corrected chi connectivity index (χ1v) is 20.1. The Morgan fingerprint density at radius 1 is 0.705 bits per heavy atom. The van der Waals surface area contributed by atoms with Gasteiger partial charge < -0.3 is 21.1 Å². The maximum Gasteiger partial charge on any atom is 0.490 e. The number of nitrogens with zero attached hydrogens (tertiary/aromatic N) is 6. The molecule has 0 radical (unpaired) electrons. The zero-order valence-electron chi connectivity index (χ0n) is 32.0. The van der Waals surface area contributed by atoms with E-state index in [4.69, 9.17) is 15.8 Å². The SMILES string of the molecule is CC(=O)Cc1csc(-c2cnc(C)c(C(F)(F)F)c2)n1.CC(=O)Nc1csc(Br)n1.Cc1ncc(-c2nc(N)cs2)cc1C(F)(F)F.Cc1ncc(B(O)O)cc1C(F)(F)F. The smallest absolute Gasteiger partial charge is 0.423 e. The molecule has 0 aliphatic heterocycles. The molecule has 0 unspecified atom stereocenters. The molecule has 5 N–H and O–H groups in total. The maximum absolute atomic E-state index is 12.8. The van der Waals surface area contributed by atoms with Gasteiger partial charge in [0.1, 0.15) is 27.4 Å². The van der Waals surface area contributed by atoms with E-state index in [1.165, 1.54) is 81.0 Å². The number of carbonyl (C=O) groups excluding carboxylic acids is 2. The predicted molar refractivity (Wildman–Crippen MR) is 217 cm³/mol. The van der Waals surface area contributed by atoms with Crippen LogP contribution in [0.4, 0.5) is 51.1 Å². The number of thiazole rings is 3. The van der Waals surface area contributed by atoms with E-state index < -0.39 is 42.3 Å². The number of alkyl halides is 9. The van der Waals surface area contributed by atoms with Gasteiger partial charge >= 0.3 is 25.6 Å². The molecule has 6 aromatic heterocycles. The Labute approximate surface area is 361 Å². The van der Waals surface area contributed by atoms with Crippen LogP contribution >= 0.6 is 49.9 Å². The molecule has 0 aromatic carbocycles. The quantitative estimate of drug-likeness (QED) is 0.0923. The van der Waals surface area contributed by atoms with E-state index in [0.717, 1.165) is 22.2 Å². The largest absolute Gasteiger partial charge is 0.490 e. The Kier molecular flexibility index (Phi) is 17.6. The molecule has 0 fully saturated rings. The number of nitrogen functional groups attached to an aromatic ring is 1. The first-order chi connectivity index (χ1) is 28.1. The molecule has 0 bridgehead atoms. The van der Waals surface area contributed by atoms with Crippen molar-refractivity contribution in [2.45, 2.75) is 59.6 Å². The van der Waals surface area contributed by atoms with Crippen molar-refractivity contribution in [2.75, 3.05) is 11.1 Å². The van der Waals surface area contributed by atoms with Gasteiger partial charge in [0.15, 0.2) is 3.92 Å². The number of ketones is 1. The average Bonchev–Trinajstić information content (AvgIpc) is 3.89. The van der Waals surface area contributed by atoms with Crippen LogP contribution in [0.15, 0.2) is 56.8 Å². The molecule has 12 nitrogen and oxygen atoms in total. The van der Waals surface area contributed by atoms with Gasteiger partial charge in [0, 0.05) is 81.7 Å². The molecular weight excluding hydrogens is 954 g/mol. The second-order valence-corrected chi connectivity index (χ2v) is 16.1. The third kappa shape index (κ3) is 15.8. The molecule has 61 heavy (non-hydrogen) atoms. The molecule has 0 spiro atoms. The Morgan fingerprint density at radius 3 is 1.56 bits per heavy atom. The molecule has 0 saturated heterocycles. The van der Waals surface area contributed by atoms with Gasteiger partial charge in [-0.05, 0) is 61.8 Å². The lowest BCUT2D eigenvalue weighted by molar-refractivity contribution is -0.139. The van der Waals surface area contributed by atoms with Gasteiger partial charge in [0.2, 0.25) is 5.91 Å². The van der Waals surface area contributed by atoms with Crippen molar-refractivity contribution in [1.82, 2.24) is 29.9 Å². The number of hydrogen-bond donors (Lipinski definition) is 4. The van der Waals surface area contributed by atoms with Crippen molar-refractivity contribution >= 4 is 85.8 Å². The first-order valence-electron chi connectivity index (χ1n) is 16.7. The summed E-state index contributed by atoms with van der Waals surface area (Å²) in [5, 5.41) is 25.7. The molecule has 6 rings (SSSR count). The molecule has 6 aromatic rings. The molecule has 0 aliphatic rings. The maximum atomic E-state index is 12.8. The van der Waals surface area contributed by atoms with E-state index >= 15 is 0 Å². The third-order valence-electron chi connectivity index (χ3n) is 7.27. The monoisotopic (exact) mass is 984 g/mol. The van der Waals surface area contributed by atoms with Crippen molar-refractivity contribution in [1.29, 1.82) is 0 Å². The number of carbonyl (C=O) groups is 2. The summed E-state index contributed by atoms with van der Waals surface area (Å²) < 4.78 is 114. The normalized spacial score (nSPS) is 11.3. The van der Waals surface area contributed by atoms with Crippen LogP contribution in [0.1, 0.15) is 53.3 Å². The van der Waals surface area contributed by atoms with Gasteiger partial charge in [-0.25, -0.2) is 15.0 Å². The summed E-state index contributed by atoms with van der Waals surface area (Å²) in [6.07, 6.45) is -9.47. The van der Waals surface area contributed by atoms with Crippen LogP contribution in [0.2, 0.25) is 0 Å². The van der Waals surface area contributed by atoms with Crippen molar-refractivity contribution in [3.63, 3.8) is 0 Å². The Hall–Kier alpha value is -4.89. The van der Waals surface area contributed by atoms with Gasteiger partial charge in [-0.2, -0.15) is 39.5 Å². The second-order valence-electron chi connectivity index (χ2n) is 12.2. The minimum atomic E-state index is -4.53. The lowest BCUT2D eigenvalue weighted by Crippen LogP contribution is -2.31. The van der Waals surface area contributed by atoms with Crippen LogP contribution in [-0.2, 0) is 34.5 Å². The summed E-state index contributed by atoms with van der Waals surface area (Å²) in [4.78, 5) is 44.4. The molecule has 0 saturated carbocycles. The minimum Gasteiger partial charge on any atom is -0.423 e. The lowest BCUT2D eigenvalue weighted by Gasteiger charge is -2.10. The average molecular weight is 986 g/mol. The van der Waals surface area contributed by atoms with Gasteiger partial charge in [-0.3, -0.25) is 24.5 Å². The Bertz CT molecular complexity index is 2440. The summed E-state index contributed by atoms with van der Waals surface area (Å²) in [5.41, 5.74) is 3.57. The van der Waals surface area contributed by atoms with Gasteiger partial charge in [0.05, 0.1) is 22.4 Å². The number of aryl methyl sites for hydroxylation is 3. The highest BCUT2D eigenvalue weighted by Gasteiger charge is 2.35. The number of nitrogens with two attached hydrogens (primary N) is 1. The van der Waals surface area contributed by atoms with Crippen LogP contribution in [0.5, 0.6) is 0 Å². The van der Waals surface area contributed by atoms with Crippen LogP contribution in [0.25, 0.3) is 21.1 Å². The lowest BCUT2D eigenvalue weighted by atomic mass is 9.80. The molecule has 1 amide bonds. The minimum absolute atomic E-state index is 0.0418. The number of pyridine rings is 3. The highest BCUT2D eigenvalue weighted by molar-refractivity contribution is 9.11. The number of amides is 1. The summed E-state index contributed by atoms with van der Waals surface area (Å²) in [7, 11) is -1.94. The van der Waals surface area contributed by atoms with E-state index in [-0.39, 0.29) is 40.7 Å². The van der Waals surface area contributed by atoms with E-state index in [1.54, 1.807) is 16.1 Å². The van der Waals surface area contributed by atoms with Crippen molar-refractivity contribution < 1.29 is 59.2 Å². The van der Waals surface area contributed by atoms with Crippen LogP contribution in [-0.4, -0.2) is 58.8 Å². The number of nitrogens with one attached hydrogen (secondary N) is 1. The van der Waals surface area contributed by atoms with Crippen molar-refractivity contribution in [3.05, 3.63) is 96.3 Å². The molecule has 0 atom stereocenters. The highest BCUT2D eigenvalue weighted by atomic mass is 79.9. The highest BCUT2D eigenvalue weighted by Crippen LogP contribution is 2.36. The van der Waals surface area contributed by atoms with Crippen molar-refractivity contribution in [3.8, 4) is 21.1 Å². The fraction of sp³-hybridized carbons (Fsp3) is 0.257. The number of halogens is 10. The van der Waals surface area contributed by atoms with Gasteiger partial charge in [-0.15, -0.1) is 34.0 Å².